The predicted molar refractivity (Wildman–Crippen MR) is 151 cm³/mol. The molecular weight excluding hydrogens is 505 g/mol. The molecule has 4 atom stereocenters. The number of imidazole rings is 1. The van der Waals surface area contributed by atoms with Gasteiger partial charge in [0.25, 0.3) is 5.91 Å². The number of aryl methyl sites for hydroxylation is 1. The van der Waals surface area contributed by atoms with Gasteiger partial charge < -0.3 is 19.1 Å². The molecule has 3 aromatic heterocycles. The van der Waals surface area contributed by atoms with Crippen molar-refractivity contribution in [2.75, 3.05) is 6.54 Å². The fraction of sp³-hybridized carbons (Fsp3) is 0.531. The summed E-state index contributed by atoms with van der Waals surface area (Å²) in [6.07, 6.45) is 6.61. The number of carbonyl (C=O) groups excluding carboxylic acids is 1. The minimum Gasteiger partial charge on any atom is -0.384 e. The Hall–Kier alpha value is -3.26. The maximum absolute atomic E-state index is 15.7. The third kappa shape index (κ3) is 3.60. The van der Waals surface area contributed by atoms with Gasteiger partial charge in [0.2, 0.25) is 0 Å². The molecule has 1 aliphatic heterocycles. The Morgan fingerprint density at radius 3 is 2.58 bits per heavy atom. The van der Waals surface area contributed by atoms with E-state index in [-0.39, 0.29) is 17.9 Å². The number of likely N-dealkylation sites (tertiary alicyclic amines) is 1. The number of carbonyl (C=O) groups is 1. The molecule has 4 aliphatic rings. The Bertz CT molecular complexity index is 1690. The molecule has 4 aromatic rings. The molecule has 1 aromatic carbocycles. The summed E-state index contributed by atoms with van der Waals surface area (Å²) in [6.45, 7) is 5.68. The molecule has 3 saturated carbocycles. The van der Waals surface area contributed by atoms with E-state index in [4.69, 9.17) is 9.97 Å². The molecular formula is C32H36FN5O2. The van der Waals surface area contributed by atoms with Gasteiger partial charge in [-0.2, -0.15) is 0 Å². The van der Waals surface area contributed by atoms with E-state index < -0.39 is 11.4 Å². The molecule has 8 rings (SSSR count). The minimum absolute atomic E-state index is 0.0886. The van der Waals surface area contributed by atoms with Crippen molar-refractivity contribution in [2.45, 2.75) is 70.6 Å². The number of piperidine rings is 1. The van der Waals surface area contributed by atoms with Crippen LogP contribution in [0.15, 0.2) is 30.3 Å². The zero-order valence-corrected chi connectivity index (χ0v) is 23.4. The van der Waals surface area contributed by atoms with Gasteiger partial charge in [-0.3, -0.25) is 4.79 Å². The highest BCUT2D eigenvalue weighted by Crippen LogP contribution is 2.46. The van der Waals surface area contributed by atoms with Gasteiger partial charge in [-0.1, -0.05) is 6.92 Å². The van der Waals surface area contributed by atoms with Crippen LogP contribution in [0.4, 0.5) is 4.39 Å². The highest BCUT2D eigenvalue weighted by atomic mass is 19.1. The second kappa shape index (κ2) is 8.38. The molecule has 2 bridgehead atoms. The molecule has 4 heterocycles. The zero-order valence-electron chi connectivity index (χ0n) is 23.4. The number of benzene rings is 1. The lowest BCUT2D eigenvalue weighted by Gasteiger charge is -2.27. The van der Waals surface area contributed by atoms with E-state index in [2.05, 4.69) is 17.6 Å². The van der Waals surface area contributed by atoms with Gasteiger partial charge >= 0.3 is 0 Å². The van der Waals surface area contributed by atoms with Crippen molar-refractivity contribution in [2.24, 2.45) is 30.7 Å². The average Bonchev–Trinajstić information content (AvgIpc) is 3.85. The number of nitrogens with zero attached hydrogens (tertiary/aromatic N) is 5. The Balaban J connectivity index is 1.22. The fourth-order valence-electron chi connectivity index (χ4n) is 7.55. The van der Waals surface area contributed by atoms with E-state index >= 15 is 4.39 Å². The summed E-state index contributed by atoms with van der Waals surface area (Å²) in [5, 5.41) is 12.2. The molecule has 208 valence electrons. The van der Waals surface area contributed by atoms with Gasteiger partial charge in [0.05, 0.1) is 16.9 Å². The molecule has 1 N–H and O–H groups in total. The zero-order chi connectivity index (χ0) is 27.5. The minimum atomic E-state index is -0.945. The number of aromatic nitrogens is 4. The Kier molecular flexibility index (Phi) is 5.14. The lowest BCUT2D eigenvalue weighted by Crippen LogP contribution is -2.38. The molecule has 4 fully saturated rings. The van der Waals surface area contributed by atoms with E-state index in [0.717, 1.165) is 49.1 Å². The van der Waals surface area contributed by atoms with Crippen LogP contribution in [-0.4, -0.2) is 47.6 Å². The topological polar surface area (TPSA) is 76.2 Å². The summed E-state index contributed by atoms with van der Waals surface area (Å²) in [7, 11) is 1.84. The number of hydrogen-bond donors (Lipinski definition) is 1. The first-order chi connectivity index (χ1) is 19.2. The predicted octanol–water partition coefficient (Wildman–Crippen LogP) is 5.63. The first kappa shape index (κ1) is 24.5. The highest BCUT2D eigenvalue weighted by molar-refractivity contribution is 5.98. The molecule has 3 aliphatic carbocycles. The van der Waals surface area contributed by atoms with E-state index in [1.54, 1.807) is 10.6 Å². The van der Waals surface area contributed by atoms with E-state index in [1.807, 2.05) is 31.0 Å². The van der Waals surface area contributed by atoms with Crippen LogP contribution in [0.5, 0.6) is 0 Å². The molecule has 7 nitrogen and oxygen atoms in total. The summed E-state index contributed by atoms with van der Waals surface area (Å²) in [5.41, 5.74) is 2.74. The van der Waals surface area contributed by atoms with Gasteiger partial charge in [-0.15, -0.1) is 0 Å². The highest BCUT2D eigenvalue weighted by Gasteiger charge is 2.46. The van der Waals surface area contributed by atoms with Crippen LogP contribution in [0.2, 0.25) is 0 Å². The van der Waals surface area contributed by atoms with Crippen molar-refractivity contribution in [1.29, 1.82) is 0 Å². The number of hydrogen-bond acceptors (Lipinski definition) is 4. The molecule has 0 spiro atoms. The summed E-state index contributed by atoms with van der Waals surface area (Å²) in [5.74, 6) is 2.04. The van der Waals surface area contributed by atoms with Gasteiger partial charge in [0.15, 0.2) is 5.82 Å². The molecule has 1 amide bonds. The summed E-state index contributed by atoms with van der Waals surface area (Å²) < 4.78 is 19.7. The van der Waals surface area contributed by atoms with Crippen LogP contribution in [0.1, 0.15) is 68.4 Å². The number of amides is 1. The first-order valence-corrected chi connectivity index (χ1v) is 14.9. The van der Waals surface area contributed by atoms with Crippen LogP contribution in [0, 0.1) is 29.5 Å². The van der Waals surface area contributed by atoms with E-state index in [9.17, 15) is 9.90 Å². The Morgan fingerprint density at radius 1 is 1.10 bits per heavy atom. The monoisotopic (exact) mass is 541 g/mol. The van der Waals surface area contributed by atoms with Crippen molar-refractivity contribution < 1.29 is 14.3 Å². The third-order valence-corrected chi connectivity index (χ3v) is 10.4. The average molecular weight is 542 g/mol. The Morgan fingerprint density at radius 2 is 1.90 bits per heavy atom. The maximum atomic E-state index is 15.7. The lowest BCUT2D eigenvalue weighted by molar-refractivity contribution is 0.0289. The smallest absolute Gasteiger partial charge is 0.254 e. The van der Waals surface area contributed by atoms with Crippen LogP contribution in [0.25, 0.3) is 33.6 Å². The second-order valence-electron chi connectivity index (χ2n) is 13.2. The standard InChI is InChI=1S/C32H36FN5O2/c1-17-20-6-10-25(17)38(16-20)31(39)21-12-23(33)28-24(13-21)34-30(36(28)3)26-14-19-7-11-27(32(2,40)22-8-9-22)35-29(19)37(26)15-18-4-5-18/h7,11-14,17-18,20,22,25,40H,4-6,8-10,15-16H2,1-3H3/t17-,20?,25?,32?/m1/s1. The quantitative estimate of drug-likeness (QED) is 0.343. The van der Waals surface area contributed by atoms with Crippen molar-refractivity contribution in [3.05, 3.63) is 47.4 Å². The fourth-order valence-corrected chi connectivity index (χ4v) is 7.55. The number of aliphatic hydroxyl groups is 1. The molecule has 1 saturated heterocycles. The Labute approximate surface area is 233 Å². The number of rotatable bonds is 6. The van der Waals surface area contributed by atoms with Crippen LogP contribution >= 0.6 is 0 Å². The van der Waals surface area contributed by atoms with Crippen molar-refractivity contribution in [3.63, 3.8) is 0 Å². The number of pyridine rings is 1. The first-order valence-electron chi connectivity index (χ1n) is 14.9. The van der Waals surface area contributed by atoms with Crippen molar-refractivity contribution in [3.8, 4) is 11.5 Å². The molecule has 3 unspecified atom stereocenters. The van der Waals surface area contributed by atoms with E-state index in [0.29, 0.717) is 45.9 Å². The van der Waals surface area contributed by atoms with Crippen LogP contribution in [-0.2, 0) is 19.2 Å². The summed E-state index contributed by atoms with van der Waals surface area (Å²) >= 11 is 0. The normalized spacial score (nSPS) is 25.8. The lowest BCUT2D eigenvalue weighted by atomic mass is 9.95. The summed E-state index contributed by atoms with van der Waals surface area (Å²) in [4.78, 5) is 25.4. The van der Waals surface area contributed by atoms with Crippen molar-refractivity contribution in [1.82, 2.24) is 24.0 Å². The number of fused-ring (bicyclic) bond motifs is 4. The van der Waals surface area contributed by atoms with Gasteiger partial charge in [-0.05, 0) is 99.5 Å². The van der Waals surface area contributed by atoms with Crippen molar-refractivity contribution >= 4 is 28.0 Å². The summed E-state index contributed by atoms with van der Waals surface area (Å²) in [6, 6.07) is 9.45. The van der Waals surface area contributed by atoms with Gasteiger partial charge in [0.1, 0.15) is 22.6 Å². The third-order valence-electron chi connectivity index (χ3n) is 10.4. The number of halogens is 1. The SMILES string of the molecule is C[C@@H]1C2CCC1N(C(=O)c1cc(F)c3c(c1)nc(-c1cc4ccc(C(C)(O)C5CC5)nc4n1CC1CC1)n3C)C2. The molecule has 8 heteroatoms. The van der Waals surface area contributed by atoms with Gasteiger partial charge in [-0.25, -0.2) is 14.4 Å². The van der Waals surface area contributed by atoms with E-state index in [1.165, 1.54) is 25.3 Å². The molecule has 0 radical (unpaired) electrons. The largest absolute Gasteiger partial charge is 0.384 e. The molecule has 40 heavy (non-hydrogen) atoms. The maximum Gasteiger partial charge on any atom is 0.254 e. The second-order valence-corrected chi connectivity index (χ2v) is 13.2. The van der Waals surface area contributed by atoms with Gasteiger partial charge in [0, 0.05) is 37.1 Å². The van der Waals surface area contributed by atoms with Crippen LogP contribution in [0.3, 0.4) is 0 Å². The van der Waals surface area contributed by atoms with Crippen LogP contribution < -0.4 is 0 Å².